The smallest absolute Gasteiger partial charge is 0.336 e. The van der Waals surface area contributed by atoms with Crippen molar-refractivity contribution in [3.05, 3.63) is 28.8 Å². The van der Waals surface area contributed by atoms with Gasteiger partial charge in [-0.3, -0.25) is 0 Å². The van der Waals surface area contributed by atoms with Crippen LogP contribution in [0.4, 0.5) is 10.5 Å². The van der Waals surface area contributed by atoms with E-state index in [-0.39, 0.29) is 17.6 Å². The van der Waals surface area contributed by atoms with Crippen LogP contribution in [0.5, 0.6) is 0 Å². The van der Waals surface area contributed by atoms with Crippen molar-refractivity contribution < 1.29 is 14.7 Å². The van der Waals surface area contributed by atoms with Crippen molar-refractivity contribution in [1.82, 2.24) is 5.32 Å². The molecule has 0 heterocycles. The van der Waals surface area contributed by atoms with Gasteiger partial charge in [0.1, 0.15) is 0 Å². The molecule has 1 aromatic carbocycles. The number of benzene rings is 1. The van der Waals surface area contributed by atoms with Gasteiger partial charge in [-0.1, -0.05) is 0 Å². The normalized spacial score (nSPS) is 11.8. The summed E-state index contributed by atoms with van der Waals surface area (Å²) in [5, 5.41) is 14.7. The van der Waals surface area contributed by atoms with Crippen LogP contribution in [0, 0.1) is 13.8 Å². The quantitative estimate of drug-likeness (QED) is 0.753. The zero-order chi connectivity index (χ0) is 16.0. The molecule has 0 bridgehead atoms. The summed E-state index contributed by atoms with van der Waals surface area (Å²) in [6.45, 7) is 5.53. The summed E-state index contributed by atoms with van der Waals surface area (Å²) in [6.07, 6.45) is 2.91. The van der Waals surface area contributed by atoms with Crippen molar-refractivity contribution >= 4 is 29.4 Å². The first kappa shape index (κ1) is 17.4. The molecule has 1 aromatic rings. The third-order valence-corrected chi connectivity index (χ3v) is 3.93. The van der Waals surface area contributed by atoms with Crippen molar-refractivity contribution in [2.24, 2.45) is 0 Å². The van der Waals surface area contributed by atoms with Crippen LogP contribution < -0.4 is 10.6 Å². The Bertz CT molecular complexity index is 532. The number of aromatic carboxylic acids is 1. The molecule has 0 aliphatic carbocycles. The lowest BCUT2D eigenvalue weighted by molar-refractivity contribution is 0.0696. The zero-order valence-electron chi connectivity index (χ0n) is 12.8. The predicted octanol–water partition coefficient (Wildman–Crippen LogP) is 3.26. The fourth-order valence-electron chi connectivity index (χ4n) is 1.91. The monoisotopic (exact) mass is 310 g/mol. The molecule has 0 saturated carbocycles. The Kier molecular flexibility index (Phi) is 6.55. The van der Waals surface area contributed by atoms with Gasteiger partial charge in [0.05, 0.1) is 5.56 Å². The van der Waals surface area contributed by atoms with Gasteiger partial charge in [-0.25, -0.2) is 9.59 Å². The highest BCUT2D eigenvalue weighted by atomic mass is 32.2. The number of carboxylic acid groups (broad SMARTS) is 1. The highest BCUT2D eigenvalue weighted by Gasteiger charge is 2.13. The first-order valence-corrected chi connectivity index (χ1v) is 8.15. The Morgan fingerprint density at radius 1 is 1.33 bits per heavy atom. The first-order chi connectivity index (χ1) is 9.85. The number of carbonyl (C=O) groups excluding carboxylic acids is 1. The summed E-state index contributed by atoms with van der Waals surface area (Å²) in [6, 6.07) is 3.01. The van der Waals surface area contributed by atoms with E-state index in [4.69, 9.17) is 5.11 Å². The maximum atomic E-state index is 11.9. The molecule has 0 aromatic heterocycles. The number of thioether (sulfide) groups is 1. The summed E-state index contributed by atoms with van der Waals surface area (Å²) in [5.41, 5.74) is 2.24. The average molecular weight is 310 g/mol. The minimum absolute atomic E-state index is 0.0722. The largest absolute Gasteiger partial charge is 0.478 e. The number of carboxylic acids is 1. The van der Waals surface area contributed by atoms with Gasteiger partial charge in [0, 0.05) is 11.7 Å². The Balaban J connectivity index is 2.74. The molecule has 0 radical (unpaired) electrons. The Morgan fingerprint density at radius 3 is 2.57 bits per heavy atom. The van der Waals surface area contributed by atoms with Gasteiger partial charge < -0.3 is 15.7 Å². The lowest BCUT2D eigenvalue weighted by Gasteiger charge is -2.15. The molecule has 1 rings (SSSR count). The molecule has 2 amide bonds. The van der Waals surface area contributed by atoms with Crippen molar-refractivity contribution in [1.29, 1.82) is 0 Å². The molecular formula is C15H22N2O3S. The molecule has 116 valence electrons. The number of hydrogen-bond donors (Lipinski definition) is 3. The zero-order valence-corrected chi connectivity index (χ0v) is 13.6. The summed E-state index contributed by atoms with van der Waals surface area (Å²) < 4.78 is 0. The van der Waals surface area contributed by atoms with Gasteiger partial charge in [0.2, 0.25) is 0 Å². The topological polar surface area (TPSA) is 78.4 Å². The number of rotatable bonds is 6. The van der Waals surface area contributed by atoms with E-state index in [1.165, 1.54) is 6.07 Å². The highest BCUT2D eigenvalue weighted by Crippen LogP contribution is 2.20. The molecule has 5 nitrogen and oxygen atoms in total. The molecular weight excluding hydrogens is 288 g/mol. The fourth-order valence-corrected chi connectivity index (χ4v) is 2.50. The molecule has 0 saturated heterocycles. The first-order valence-electron chi connectivity index (χ1n) is 6.76. The number of carbonyl (C=O) groups is 2. The molecule has 21 heavy (non-hydrogen) atoms. The standard InChI is InChI=1S/C15H22N2O3S/c1-9-7-12(8-13(11(9)3)14(18)19)17-15(20)16-10(2)5-6-21-4/h7-8,10H,5-6H2,1-4H3,(H,18,19)(H2,16,17,20). The number of amides is 2. The Morgan fingerprint density at radius 2 is 2.00 bits per heavy atom. The number of hydrogen-bond acceptors (Lipinski definition) is 3. The van der Waals surface area contributed by atoms with E-state index in [1.54, 1.807) is 24.8 Å². The number of urea groups is 1. The maximum Gasteiger partial charge on any atom is 0.336 e. The van der Waals surface area contributed by atoms with Crippen molar-refractivity contribution in [3.63, 3.8) is 0 Å². The van der Waals surface area contributed by atoms with E-state index in [2.05, 4.69) is 10.6 Å². The number of aryl methyl sites for hydroxylation is 1. The van der Waals surface area contributed by atoms with Crippen LogP contribution in [-0.2, 0) is 0 Å². The second-order valence-electron chi connectivity index (χ2n) is 5.05. The van der Waals surface area contributed by atoms with Crippen LogP contribution in [0.1, 0.15) is 34.8 Å². The van der Waals surface area contributed by atoms with Crippen molar-refractivity contribution in [3.8, 4) is 0 Å². The van der Waals surface area contributed by atoms with E-state index < -0.39 is 5.97 Å². The van der Waals surface area contributed by atoms with Crippen LogP contribution in [-0.4, -0.2) is 35.2 Å². The van der Waals surface area contributed by atoms with E-state index in [0.29, 0.717) is 11.3 Å². The second-order valence-corrected chi connectivity index (χ2v) is 6.04. The summed E-state index contributed by atoms with van der Waals surface area (Å²) >= 11 is 1.73. The van der Waals surface area contributed by atoms with Gasteiger partial charge in [0.15, 0.2) is 0 Å². The van der Waals surface area contributed by atoms with E-state index >= 15 is 0 Å². The molecule has 1 atom stereocenters. The lowest BCUT2D eigenvalue weighted by atomic mass is 10.0. The van der Waals surface area contributed by atoms with Gasteiger partial charge in [-0.05, 0) is 62.5 Å². The van der Waals surface area contributed by atoms with Gasteiger partial charge in [0.25, 0.3) is 0 Å². The molecule has 0 fully saturated rings. The molecule has 3 N–H and O–H groups in total. The third kappa shape index (κ3) is 5.30. The van der Waals surface area contributed by atoms with Gasteiger partial charge >= 0.3 is 12.0 Å². The Labute approximate surface area is 129 Å². The average Bonchev–Trinajstić information content (AvgIpc) is 2.39. The fraction of sp³-hybridized carbons (Fsp3) is 0.467. The van der Waals surface area contributed by atoms with E-state index in [1.807, 2.05) is 20.1 Å². The van der Waals surface area contributed by atoms with Gasteiger partial charge in [-0.15, -0.1) is 0 Å². The summed E-state index contributed by atoms with van der Waals surface area (Å²) in [5.74, 6) is -0.0122. The summed E-state index contributed by atoms with van der Waals surface area (Å²) in [7, 11) is 0. The highest BCUT2D eigenvalue weighted by molar-refractivity contribution is 7.98. The molecule has 1 unspecified atom stereocenters. The molecule has 6 heteroatoms. The Hall–Kier alpha value is -1.69. The van der Waals surface area contributed by atoms with Crippen LogP contribution >= 0.6 is 11.8 Å². The van der Waals surface area contributed by atoms with Gasteiger partial charge in [-0.2, -0.15) is 11.8 Å². The molecule has 0 aliphatic rings. The lowest BCUT2D eigenvalue weighted by Crippen LogP contribution is -2.36. The van der Waals surface area contributed by atoms with Crippen LogP contribution in [0.2, 0.25) is 0 Å². The number of nitrogens with one attached hydrogen (secondary N) is 2. The predicted molar refractivity (Wildman–Crippen MR) is 87.5 cm³/mol. The third-order valence-electron chi connectivity index (χ3n) is 3.29. The van der Waals surface area contributed by atoms with Crippen molar-refractivity contribution in [2.45, 2.75) is 33.2 Å². The maximum absolute atomic E-state index is 11.9. The van der Waals surface area contributed by atoms with E-state index in [0.717, 1.165) is 17.7 Å². The SMILES string of the molecule is CSCCC(C)NC(=O)Nc1cc(C)c(C)c(C(=O)O)c1. The van der Waals surface area contributed by atoms with Crippen molar-refractivity contribution in [2.75, 3.05) is 17.3 Å². The van der Waals surface area contributed by atoms with E-state index in [9.17, 15) is 9.59 Å². The number of anilines is 1. The second kappa shape index (κ2) is 7.93. The van der Waals surface area contributed by atoms with Crippen LogP contribution in [0.15, 0.2) is 12.1 Å². The molecule has 0 aliphatic heterocycles. The molecule has 0 spiro atoms. The van der Waals surface area contributed by atoms with Crippen LogP contribution in [0.25, 0.3) is 0 Å². The summed E-state index contributed by atoms with van der Waals surface area (Å²) in [4.78, 5) is 23.1. The minimum Gasteiger partial charge on any atom is -0.478 e. The van der Waals surface area contributed by atoms with Crippen LogP contribution in [0.3, 0.4) is 0 Å². The minimum atomic E-state index is -0.993.